The summed E-state index contributed by atoms with van der Waals surface area (Å²) in [6.07, 6.45) is 3.45. The molecule has 1 fully saturated rings. The van der Waals surface area contributed by atoms with Crippen molar-refractivity contribution >= 4 is 28.9 Å². The van der Waals surface area contributed by atoms with Crippen molar-refractivity contribution in [3.05, 3.63) is 54.1 Å². The van der Waals surface area contributed by atoms with Gasteiger partial charge in [0, 0.05) is 30.2 Å². The molecule has 1 aliphatic rings. The third-order valence-corrected chi connectivity index (χ3v) is 4.49. The standard InChI is InChI=1S/C21H22N4O2/c22-15-16-4-6-17(7-5-16)23-20(26)14-21(27)24-18-8-10-19(11-9-18)25-12-2-1-3-13-25/h4-11H,1-3,12-14H2,(H,23,26)(H,24,27). The average molecular weight is 362 g/mol. The summed E-state index contributed by atoms with van der Waals surface area (Å²) in [7, 11) is 0. The number of nitriles is 1. The number of hydrogen-bond donors (Lipinski definition) is 2. The molecule has 0 aromatic heterocycles. The summed E-state index contributed by atoms with van der Waals surface area (Å²) < 4.78 is 0. The van der Waals surface area contributed by atoms with Gasteiger partial charge in [-0.2, -0.15) is 5.26 Å². The van der Waals surface area contributed by atoms with Gasteiger partial charge in [-0.3, -0.25) is 9.59 Å². The second kappa shape index (κ2) is 8.86. The van der Waals surface area contributed by atoms with Crippen LogP contribution in [0.25, 0.3) is 0 Å². The zero-order valence-electron chi connectivity index (χ0n) is 15.1. The molecule has 6 heteroatoms. The summed E-state index contributed by atoms with van der Waals surface area (Å²) in [5.41, 5.74) is 2.90. The van der Waals surface area contributed by atoms with E-state index in [2.05, 4.69) is 15.5 Å². The van der Waals surface area contributed by atoms with Crippen LogP contribution in [0.4, 0.5) is 17.1 Å². The van der Waals surface area contributed by atoms with Crippen molar-refractivity contribution in [3.63, 3.8) is 0 Å². The zero-order chi connectivity index (χ0) is 19.1. The molecule has 2 aromatic carbocycles. The van der Waals surface area contributed by atoms with Crippen molar-refractivity contribution in [1.29, 1.82) is 5.26 Å². The monoisotopic (exact) mass is 362 g/mol. The molecule has 0 saturated carbocycles. The Bertz CT molecular complexity index is 832. The van der Waals surface area contributed by atoms with Crippen molar-refractivity contribution < 1.29 is 9.59 Å². The van der Waals surface area contributed by atoms with Crippen molar-refractivity contribution in [1.82, 2.24) is 0 Å². The van der Waals surface area contributed by atoms with Gasteiger partial charge < -0.3 is 15.5 Å². The average Bonchev–Trinajstić information content (AvgIpc) is 2.69. The highest BCUT2D eigenvalue weighted by Crippen LogP contribution is 2.21. The predicted octanol–water partition coefficient (Wildman–Crippen LogP) is 3.52. The maximum absolute atomic E-state index is 12.1. The molecule has 1 saturated heterocycles. The maximum atomic E-state index is 12.1. The molecule has 2 N–H and O–H groups in total. The van der Waals surface area contributed by atoms with Crippen LogP contribution < -0.4 is 15.5 Å². The number of nitrogens with zero attached hydrogens (tertiary/aromatic N) is 2. The van der Waals surface area contributed by atoms with E-state index in [4.69, 9.17) is 5.26 Å². The molecule has 0 spiro atoms. The molecule has 0 aliphatic carbocycles. The summed E-state index contributed by atoms with van der Waals surface area (Å²) >= 11 is 0. The molecule has 27 heavy (non-hydrogen) atoms. The van der Waals surface area contributed by atoms with Crippen LogP contribution >= 0.6 is 0 Å². The topological polar surface area (TPSA) is 85.2 Å². The minimum absolute atomic E-state index is 0.270. The number of carbonyl (C=O) groups excluding carboxylic acids is 2. The number of amides is 2. The Balaban J connectivity index is 1.49. The third kappa shape index (κ3) is 5.32. The number of benzene rings is 2. The van der Waals surface area contributed by atoms with Gasteiger partial charge in [0.2, 0.25) is 11.8 Å². The Morgan fingerprint density at radius 2 is 1.37 bits per heavy atom. The van der Waals surface area contributed by atoms with Crippen molar-refractivity contribution in [2.24, 2.45) is 0 Å². The first-order valence-corrected chi connectivity index (χ1v) is 9.09. The molecule has 6 nitrogen and oxygen atoms in total. The minimum Gasteiger partial charge on any atom is -0.372 e. The normalized spacial score (nSPS) is 13.5. The van der Waals surface area contributed by atoms with Gasteiger partial charge in [-0.05, 0) is 67.8 Å². The molecule has 0 radical (unpaired) electrons. The van der Waals surface area contributed by atoms with Crippen LogP contribution in [0.1, 0.15) is 31.2 Å². The SMILES string of the molecule is N#Cc1ccc(NC(=O)CC(=O)Nc2ccc(N3CCCCC3)cc2)cc1. The molecular weight excluding hydrogens is 340 g/mol. The Kier molecular flexibility index (Phi) is 6.06. The van der Waals surface area contributed by atoms with E-state index in [1.807, 2.05) is 30.3 Å². The van der Waals surface area contributed by atoms with Gasteiger partial charge in [-0.1, -0.05) is 0 Å². The first-order valence-electron chi connectivity index (χ1n) is 9.09. The zero-order valence-corrected chi connectivity index (χ0v) is 15.1. The largest absolute Gasteiger partial charge is 0.372 e. The maximum Gasteiger partial charge on any atom is 0.233 e. The lowest BCUT2D eigenvalue weighted by molar-refractivity contribution is -0.123. The molecule has 2 aromatic rings. The number of nitrogens with one attached hydrogen (secondary N) is 2. The fraction of sp³-hybridized carbons (Fsp3) is 0.286. The van der Waals surface area contributed by atoms with Gasteiger partial charge >= 0.3 is 0 Å². The molecule has 3 rings (SSSR count). The third-order valence-electron chi connectivity index (χ3n) is 4.49. The summed E-state index contributed by atoms with van der Waals surface area (Å²) in [4.78, 5) is 26.4. The van der Waals surface area contributed by atoms with Gasteiger partial charge in [0.05, 0.1) is 11.6 Å². The molecular formula is C21H22N4O2. The fourth-order valence-electron chi connectivity index (χ4n) is 3.09. The van der Waals surface area contributed by atoms with Crippen LogP contribution in [0.15, 0.2) is 48.5 Å². The van der Waals surface area contributed by atoms with E-state index < -0.39 is 5.91 Å². The number of rotatable bonds is 5. The quantitative estimate of drug-likeness (QED) is 0.797. The van der Waals surface area contributed by atoms with Crippen LogP contribution in [-0.2, 0) is 9.59 Å². The molecule has 1 heterocycles. The summed E-state index contributed by atoms with van der Waals surface area (Å²) in [6.45, 7) is 2.14. The van der Waals surface area contributed by atoms with Crippen LogP contribution in [0, 0.1) is 11.3 Å². The molecule has 2 amide bonds. The second-order valence-corrected chi connectivity index (χ2v) is 6.56. The van der Waals surface area contributed by atoms with Gasteiger partial charge in [0.25, 0.3) is 0 Å². The molecule has 0 atom stereocenters. The number of carbonyl (C=O) groups is 2. The lowest BCUT2D eigenvalue weighted by Gasteiger charge is -2.28. The van der Waals surface area contributed by atoms with Crippen LogP contribution in [0.2, 0.25) is 0 Å². The first-order chi connectivity index (χ1) is 13.1. The summed E-state index contributed by atoms with van der Waals surface area (Å²) in [5.74, 6) is -0.769. The predicted molar refractivity (Wildman–Crippen MR) is 106 cm³/mol. The lowest BCUT2D eigenvalue weighted by Crippen LogP contribution is -2.29. The summed E-state index contributed by atoms with van der Waals surface area (Å²) in [5, 5.41) is 14.2. The lowest BCUT2D eigenvalue weighted by atomic mass is 10.1. The number of hydrogen-bond acceptors (Lipinski definition) is 4. The van der Waals surface area contributed by atoms with E-state index in [9.17, 15) is 9.59 Å². The number of anilines is 3. The smallest absolute Gasteiger partial charge is 0.233 e. The van der Waals surface area contributed by atoms with Gasteiger partial charge in [0.1, 0.15) is 6.42 Å². The molecule has 0 bridgehead atoms. The molecule has 138 valence electrons. The highest BCUT2D eigenvalue weighted by Gasteiger charge is 2.12. The summed E-state index contributed by atoms with van der Waals surface area (Å²) in [6, 6.07) is 16.2. The van der Waals surface area contributed by atoms with Gasteiger partial charge in [0.15, 0.2) is 0 Å². The highest BCUT2D eigenvalue weighted by atomic mass is 16.2. The Hall–Kier alpha value is -3.33. The van der Waals surface area contributed by atoms with Crippen molar-refractivity contribution in [3.8, 4) is 6.07 Å². The van der Waals surface area contributed by atoms with Crippen molar-refractivity contribution in [2.45, 2.75) is 25.7 Å². The highest BCUT2D eigenvalue weighted by molar-refractivity contribution is 6.08. The Morgan fingerprint density at radius 1 is 0.852 bits per heavy atom. The van der Waals surface area contributed by atoms with Crippen LogP contribution in [0.3, 0.4) is 0 Å². The van der Waals surface area contributed by atoms with Crippen LogP contribution in [0.5, 0.6) is 0 Å². The first kappa shape index (κ1) is 18.5. The van der Waals surface area contributed by atoms with Crippen LogP contribution in [-0.4, -0.2) is 24.9 Å². The minimum atomic E-state index is -0.401. The van der Waals surface area contributed by atoms with E-state index in [1.165, 1.54) is 19.3 Å². The van der Waals surface area contributed by atoms with E-state index in [1.54, 1.807) is 24.3 Å². The van der Waals surface area contributed by atoms with Gasteiger partial charge in [-0.15, -0.1) is 0 Å². The second-order valence-electron chi connectivity index (χ2n) is 6.56. The fourth-order valence-corrected chi connectivity index (χ4v) is 3.09. The number of piperidine rings is 1. The Labute approximate surface area is 158 Å². The van der Waals surface area contributed by atoms with E-state index in [-0.39, 0.29) is 12.3 Å². The molecule has 1 aliphatic heterocycles. The Morgan fingerprint density at radius 3 is 1.89 bits per heavy atom. The van der Waals surface area contributed by atoms with E-state index in [0.717, 1.165) is 18.8 Å². The van der Waals surface area contributed by atoms with E-state index in [0.29, 0.717) is 16.9 Å². The van der Waals surface area contributed by atoms with Gasteiger partial charge in [-0.25, -0.2) is 0 Å². The van der Waals surface area contributed by atoms with E-state index >= 15 is 0 Å². The van der Waals surface area contributed by atoms with Crippen molar-refractivity contribution in [2.75, 3.05) is 28.6 Å². The molecule has 0 unspecified atom stereocenters.